The van der Waals surface area contributed by atoms with Gasteiger partial charge in [-0.15, -0.1) is 0 Å². The highest BCUT2D eigenvalue weighted by Crippen LogP contribution is 2.32. The van der Waals surface area contributed by atoms with Gasteiger partial charge in [0.15, 0.2) is 0 Å². The van der Waals surface area contributed by atoms with Gasteiger partial charge in [-0.05, 0) is 62.4 Å². The molecule has 5 heteroatoms. The minimum atomic E-state index is -0.928. The van der Waals surface area contributed by atoms with Crippen LogP contribution in [0.2, 0.25) is 0 Å². The smallest absolute Gasteiger partial charge is 0.410 e. The zero-order valence-electron chi connectivity index (χ0n) is 17.4. The molecule has 2 aromatic carbocycles. The summed E-state index contributed by atoms with van der Waals surface area (Å²) in [7, 11) is 0. The summed E-state index contributed by atoms with van der Waals surface area (Å²) in [5, 5.41) is 9.05. The highest BCUT2D eigenvalue weighted by atomic mass is 16.6. The molecule has 1 amide bonds. The fourth-order valence-corrected chi connectivity index (χ4v) is 3.70. The summed E-state index contributed by atoms with van der Waals surface area (Å²) in [6.07, 6.45) is 3.86. The van der Waals surface area contributed by atoms with E-state index in [9.17, 15) is 9.59 Å². The fourth-order valence-electron chi connectivity index (χ4n) is 3.70. The van der Waals surface area contributed by atoms with E-state index in [1.165, 1.54) is 0 Å². The number of carboxylic acid groups (broad SMARTS) is 1. The van der Waals surface area contributed by atoms with Gasteiger partial charge in [-0.1, -0.05) is 49.2 Å². The molecule has 2 aromatic rings. The van der Waals surface area contributed by atoms with Crippen LogP contribution in [0.3, 0.4) is 0 Å². The van der Waals surface area contributed by atoms with Crippen molar-refractivity contribution in [2.45, 2.75) is 58.1 Å². The summed E-state index contributed by atoms with van der Waals surface area (Å²) >= 11 is 0. The Kier molecular flexibility index (Phi) is 6.26. The molecule has 0 aliphatic carbocycles. The number of ether oxygens (including phenoxy) is 1. The standard InChI is InChI=1S/C24H29NO4/c1-24(2,3)29-23(28)25-16-6-4-5-7-21(25)19-12-8-17(9-13-19)18-10-14-20(15-11-18)22(26)27/h8-15,21H,4-7,16H2,1-3H3,(H,26,27)/t21-/m1/s1. The topological polar surface area (TPSA) is 66.8 Å². The molecule has 1 atom stereocenters. The molecule has 0 unspecified atom stereocenters. The monoisotopic (exact) mass is 395 g/mol. The Labute approximate surface area is 172 Å². The van der Waals surface area contributed by atoms with Crippen molar-refractivity contribution in [3.05, 3.63) is 59.7 Å². The number of amides is 1. The van der Waals surface area contributed by atoms with Crippen molar-refractivity contribution in [2.75, 3.05) is 6.54 Å². The van der Waals surface area contributed by atoms with Gasteiger partial charge in [-0.3, -0.25) is 0 Å². The fraction of sp³-hybridized carbons (Fsp3) is 0.417. The maximum absolute atomic E-state index is 12.8. The number of nitrogens with zero attached hydrogens (tertiary/aromatic N) is 1. The molecule has 3 rings (SSSR count). The average molecular weight is 395 g/mol. The molecule has 0 aromatic heterocycles. The molecule has 1 saturated heterocycles. The Hall–Kier alpha value is -2.82. The van der Waals surface area contributed by atoms with E-state index in [0.29, 0.717) is 6.54 Å². The van der Waals surface area contributed by atoms with Crippen molar-refractivity contribution in [3.8, 4) is 11.1 Å². The number of hydrogen-bond donors (Lipinski definition) is 1. The Morgan fingerprint density at radius 3 is 2.07 bits per heavy atom. The SMILES string of the molecule is CC(C)(C)OC(=O)N1CCCCC[C@@H]1c1ccc(-c2ccc(C(=O)O)cc2)cc1. The zero-order chi connectivity index (χ0) is 21.0. The van der Waals surface area contributed by atoms with E-state index in [1.807, 2.05) is 49.9 Å². The molecule has 29 heavy (non-hydrogen) atoms. The van der Waals surface area contributed by atoms with E-state index < -0.39 is 11.6 Å². The van der Waals surface area contributed by atoms with E-state index >= 15 is 0 Å². The first-order valence-electron chi connectivity index (χ1n) is 10.2. The number of carbonyl (C=O) groups is 2. The minimum absolute atomic E-state index is 0.00999. The normalized spacial score (nSPS) is 17.5. The molecule has 1 aliphatic heterocycles. The van der Waals surface area contributed by atoms with Gasteiger partial charge in [0.2, 0.25) is 0 Å². The first-order valence-corrected chi connectivity index (χ1v) is 10.2. The van der Waals surface area contributed by atoms with E-state index in [2.05, 4.69) is 12.1 Å². The molecule has 5 nitrogen and oxygen atoms in total. The molecule has 1 N–H and O–H groups in total. The number of carbonyl (C=O) groups excluding carboxylic acids is 1. The van der Waals surface area contributed by atoms with E-state index in [1.54, 1.807) is 12.1 Å². The van der Waals surface area contributed by atoms with Crippen LogP contribution in [0.1, 0.15) is 68.4 Å². The third-order valence-electron chi connectivity index (χ3n) is 5.14. The van der Waals surface area contributed by atoms with Crippen LogP contribution >= 0.6 is 0 Å². The number of likely N-dealkylation sites (tertiary alicyclic amines) is 1. The third-order valence-corrected chi connectivity index (χ3v) is 5.14. The number of aromatic carboxylic acids is 1. The van der Waals surface area contributed by atoms with Crippen LogP contribution in [0.4, 0.5) is 4.79 Å². The summed E-state index contributed by atoms with van der Waals surface area (Å²) < 4.78 is 5.65. The lowest BCUT2D eigenvalue weighted by Gasteiger charge is -2.32. The first-order chi connectivity index (χ1) is 13.7. The quantitative estimate of drug-likeness (QED) is 0.702. The van der Waals surface area contributed by atoms with Gasteiger partial charge in [-0.25, -0.2) is 9.59 Å². The van der Waals surface area contributed by atoms with Gasteiger partial charge in [0.1, 0.15) is 5.60 Å². The lowest BCUT2D eigenvalue weighted by Crippen LogP contribution is -2.39. The summed E-state index contributed by atoms with van der Waals surface area (Å²) in [6.45, 7) is 6.38. The van der Waals surface area contributed by atoms with Crippen molar-refractivity contribution in [1.29, 1.82) is 0 Å². The summed E-state index contributed by atoms with van der Waals surface area (Å²) in [5.74, 6) is -0.928. The zero-order valence-corrected chi connectivity index (χ0v) is 17.4. The van der Waals surface area contributed by atoms with Crippen LogP contribution in [0.5, 0.6) is 0 Å². The summed E-state index contributed by atoms with van der Waals surface area (Å²) in [4.78, 5) is 25.7. The molecule has 1 aliphatic rings. The number of hydrogen-bond acceptors (Lipinski definition) is 3. The Balaban J connectivity index is 1.81. The van der Waals surface area contributed by atoms with Crippen LogP contribution in [-0.4, -0.2) is 34.2 Å². The maximum atomic E-state index is 12.8. The maximum Gasteiger partial charge on any atom is 0.410 e. The molecular weight excluding hydrogens is 366 g/mol. The van der Waals surface area contributed by atoms with Crippen LogP contribution in [-0.2, 0) is 4.74 Å². The molecular formula is C24H29NO4. The van der Waals surface area contributed by atoms with Gasteiger partial charge < -0.3 is 14.7 Å². The van der Waals surface area contributed by atoms with Crippen molar-refractivity contribution >= 4 is 12.1 Å². The summed E-state index contributed by atoms with van der Waals surface area (Å²) in [6, 6.07) is 15.1. The number of benzene rings is 2. The van der Waals surface area contributed by atoms with E-state index in [4.69, 9.17) is 9.84 Å². The largest absolute Gasteiger partial charge is 0.478 e. The molecule has 0 spiro atoms. The highest BCUT2D eigenvalue weighted by Gasteiger charge is 2.30. The molecule has 154 valence electrons. The lowest BCUT2D eigenvalue weighted by molar-refractivity contribution is 0.0163. The second-order valence-electron chi connectivity index (χ2n) is 8.54. The Bertz CT molecular complexity index is 850. The predicted molar refractivity (Wildman–Crippen MR) is 113 cm³/mol. The van der Waals surface area contributed by atoms with Crippen LogP contribution in [0.15, 0.2) is 48.5 Å². The predicted octanol–water partition coefficient (Wildman–Crippen LogP) is 5.90. The molecule has 0 radical (unpaired) electrons. The Morgan fingerprint density at radius 2 is 1.52 bits per heavy atom. The molecule has 1 heterocycles. The molecule has 1 fully saturated rings. The summed E-state index contributed by atoms with van der Waals surface area (Å²) in [5.41, 5.74) is 2.84. The average Bonchev–Trinajstić information content (AvgIpc) is 2.93. The van der Waals surface area contributed by atoms with Crippen LogP contribution < -0.4 is 0 Å². The lowest BCUT2D eigenvalue weighted by atomic mass is 9.97. The van der Waals surface area contributed by atoms with E-state index in [0.717, 1.165) is 42.4 Å². The first kappa shape index (κ1) is 20.9. The second-order valence-corrected chi connectivity index (χ2v) is 8.54. The Morgan fingerprint density at radius 1 is 0.931 bits per heavy atom. The van der Waals surface area contributed by atoms with Gasteiger partial charge in [0, 0.05) is 6.54 Å². The van der Waals surface area contributed by atoms with Gasteiger partial charge in [0.25, 0.3) is 0 Å². The van der Waals surface area contributed by atoms with Gasteiger partial charge >= 0.3 is 12.1 Å². The van der Waals surface area contributed by atoms with Crippen molar-refractivity contribution in [1.82, 2.24) is 4.90 Å². The molecule has 0 saturated carbocycles. The number of carboxylic acids is 1. The van der Waals surface area contributed by atoms with Crippen molar-refractivity contribution < 1.29 is 19.4 Å². The molecule has 0 bridgehead atoms. The van der Waals surface area contributed by atoms with Crippen molar-refractivity contribution in [3.63, 3.8) is 0 Å². The van der Waals surface area contributed by atoms with Crippen molar-refractivity contribution in [2.24, 2.45) is 0 Å². The van der Waals surface area contributed by atoms with E-state index in [-0.39, 0.29) is 17.7 Å². The number of rotatable bonds is 3. The van der Waals surface area contributed by atoms with Gasteiger partial charge in [0.05, 0.1) is 11.6 Å². The van der Waals surface area contributed by atoms with Crippen LogP contribution in [0, 0.1) is 0 Å². The highest BCUT2D eigenvalue weighted by molar-refractivity contribution is 5.88. The van der Waals surface area contributed by atoms with Gasteiger partial charge in [-0.2, -0.15) is 0 Å². The second kappa shape index (κ2) is 8.68. The minimum Gasteiger partial charge on any atom is -0.478 e. The third kappa shape index (κ3) is 5.37. The van der Waals surface area contributed by atoms with Crippen LogP contribution in [0.25, 0.3) is 11.1 Å².